The van der Waals surface area contributed by atoms with Crippen LogP contribution in [0.2, 0.25) is 5.02 Å². The number of aryl methyl sites for hydroxylation is 1. The van der Waals surface area contributed by atoms with Crippen LogP contribution in [-0.4, -0.2) is 21.2 Å². The SMILES string of the molecule is Oc1cc(Cl)cc(CNCC2CCCn3ccnc32)c1. The van der Waals surface area contributed by atoms with E-state index >= 15 is 0 Å². The Morgan fingerprint density at radius 1 is 1.40 bits per heavy atom. The van der Waals surface area contributed by atoms with Gasteiger partial charge in [-0.25, -0.2) is 4.98 Å². The molecule has 1 atom stereocenters. The van der Waals surface area contributed by atoms with E-state index in [0.717, 1.165) is 18.7 Å². The van der Waals surface area contributed by atoms with E-state index in [1.165, 1.54) is 18.7 Å². The Morgan fingerprint density at radius 2 is 2.30 bits per heavy atom. The van der Waals surface area contributed by atoms with Crippen LogP contribution in [0.15, 0.2) is 30.6 Å². The standard InChI is InChI=1S/C15H18ClN3O/c16-13-6-11(7-14(20)8-13)9-17-10-12-2-1-4-19-5-3-18-15(12)19/h3,5-8,12,17,20H,1-2,4,9-10H2. The highest BCUT2D eigenvalue weighted by molar-refractivity contribution is 6.30. The Labute approximate surface area is 123 Å². The van der Waals surface area contributed by atoms with Crippen LogP contribution < -0.4 is 5.32 Å². The number of aromatic hydroxyl groups is 1. The minimum absolute atomic E-state index is 0.211. The van der Waals surface area contributed by atoms with Crippen LogP contribution in [0, 0.1) is 0 Å². The highest BCUT2D eigenvalue weighted by atomic mass is 35.5. The molecule has 1 aromatic heterocycles. The second-order valence-electron chi connectivity index (χ2n) is 5.27. The number of nitrogens with one attached hydrogen (secondary N) is 1. The van der Waals surface area contributed by atoms with Gasteiger partial charge in [0.1, 0.15) is 11.6 Å². The fourth-order valence-corrected chi connectivity index (χ4v) is 3.08. The van der Waals surface area contributed by atoms with E-state index in [2.05, 4.69) is 21.1 Å². The third-order valence-corrected chi connectivity index (χ3v) is 3.94. The zero-order valence-corrected chi connectivity index (χ0v) is 12.0. The number of fused-ring (bicyclic) bond motifs is 1. The van der Waals surface area contributed by atoms with E-state index < -0.39 is 0 Å². The van der Waals surface area contributed by atoms with Crippen LogP contribution in [0.4, 0.5) is 0 Å². The molecule has 0 fully saturated rings. The zero-order valence-electron chi connectivity index (χ0n) is 11.2. The third-order valence-electron chi connectivity index (χ3n) is 3.73. The maximum atomic E-state index is 9.52. The van der Waals surface area contributed by atoms with Crippen molar-refractivity contribution in [3.63, 3.8) is 0 Å². The molecule has 0 aliphatic carbocycles. The number of aromatic nitrogens is 2. The lowest BCUT2D eigenvalue weighted by atomic mass is 9.99. The molecule has 1 unspecified atom stereocenters. The monoisotopic (exact) mass is 291 g/mol. The Morgan fingerprint density at radius 3 is 3.15 bits per heavy atom. The van der Waals surface area contributed by atoms with Crippen LogP contribution in [0.3, 0.4) is 0 Å². The summed E-state index contributed by atoms with van der Waals surface area (Å²) in [4.78, 5) is 4.45. The summed E-state index contributed by atoms with van der Waals surface area (Å²) in [6.07, 6.45) is 6.30. The van der Waals surface area contributed by atoms with Gasteiger partial charge in [0.2, 0.25) is 0 Å². The zero-order chi connectivity index (χ0) is 13.9. The molecule has 3 rings (SSSR count). The molecule has 0 saturated heterocycles. The van der Waals surface area contributed by atoms with E-state index in [1.54, 1.807) is 12.1 Å². The number of rotatable bonds is 4. The molecule has 106 valence electrons. The summed E-state index contributed by atoms with van der Waals surface area (Å²) >= 11 is 5.93. The van der Waals surface area contributed by atoms with Gasteiger partial charge in [0.15, 0.2) is 0 Å². The second kappa shape index (κ2) is 5.85. The highest BCUT2D eigenvalue weighted by Crippen LogP contribution is 2.25. The van der Waals surface area contributed by atoms with Crippen LogP contribution in [0.1, 0.15) is 30.1 Å². The molecule has 2 N–H and O–H groups in total. The van der Waals surface area contributed by atoms with E-state index in [4.69, 9.17) is 11.6 Å². The first-order valence-electron chi connectivity index (χ1n) is 6.92. The number of phenolic OH excluding ortho intramolecular Hbond substituents is 1. The number of hydrogen-bond donors (Lipinski definition) is 2. The number of phenols is 1. The van der Waals surface area contributed by atoms with E-state index in [9.17, 15) is 5.11 Å². The lowest BCUT2D eigenvalue weighted by Crippen LogP contribution is -2.26. The van der Waals surface area contributed by atoms with Crippen LogP contribution >= 0.6 is 11.6 Å². The average Bonchev–Trinajstić information content (AvgIpc) is 2.86. The minimum Gasteiger partial charge on any atom is -0.508 e. The first-order chi connectivity index (χ1) is 9.72. The van der Waals surface area contributed by atoms with Gasteiger partial charge in [-0.1, -0.05) is 11.6 Å². The lowest BCUT2D eigenvalue weighted by molar-refractivity contribution is 0.422. The van der Waals surface area contributed by atoms with Crippen molar-refractivity contribution in [2.24, 2.45) is 0 Å². The van der Waals surface area contributed by atoms with E-state index in [1.807, 2.05) is 12.3 Å². The van der Waals surface area contributed by atoms with Crippen molar-refractivity contribution in [3.05, 3.63) is 47.0 Å². The Bertz CT molecular complexity index is 576. The van der Waals surface area contributed by atoms with Gasteiger partial charge in [0, 0.05) is 43.0 Å². The highest BCUT2D eigenvalue weighted by Gasteiger charge is 2.20. The molecule has 4 nitrogen and oxygen atoms in total. The predicted octanol–water partition coefficient (Wildman–Crippen LogP) is 2.91. The molecule has 5 heteroatoms. The fraction of sp³-hybridized carbons (Fsp3) is 0.400. The summed E-state index contributed by atoms with van der Waals surface area (Å²) in [6, 6.07) is 5.15. The first kappa shape index (κ1) is 13.5. The molecule has 2 heterocycles. The minimum atomic E-state index is 0.211. The Kier molecular flexibility index (Phi) is 3.94. The van der Waals surface area contributed by atoms with Gasteiger partial charge in [-0.05, 0) is 36.6 Å². The van der Waals surface area contributed by atoms with E-state index in [-0.39, 0.29) is 5.75 Å². The largest absolute Gasteiger partial charge is 0.508 e. The molecular weight excluding hydrogens is 274 g/mol. The number of imidazole rings is 1. The molecule has 20 heavy (non-hydrogen) atoms. The summed E-state index contributed by atoms with van der Waals surface area (Å²) in [6.45, 7) is 2.67. The van der Waals surface area contributed by atoms with Crippen molar-refractivity contribution in [1.82, 2.24) is 14.9 Å². The van der Waals surface area contributed by atoms with Gasteiger partial charge in [0.05, 0.1) is 0 Å². The van der Waals surface area contributed by atoms with Crippen molar-refractivity contribution in [3.8, 4) is 5.75 Å². The van der Waals surface area contributed by atoms with Gasteiger partial charge in [0.25, 0.3) is 0 Å². The van der Waals surface area contributed by atoms with Crippen LogP contribution in [0.25, 0.3) is 0 Å². The van der Waals surface area contributed by atoms with Crippen molar-refractivity contribution >= 4 is 11.6 Å². The number of halogens is 1. The average molecular weight is 292 g/mol. The maximum Gasteiger partial charge on any atom is 0.117 e. The van der Waals surface area contributed by atoms with Crippen molar-refractivity contribution in [1.29, 1.82) is 0 Å². The molecule has 2 aromatic rings. The maximum absolute atomic E-state index is 9.52. The topological polar surface area (TPSA) is 50.1 Å². The quantitative estimate of drug-likeness (QED) is 0.911. The van der Waals surface area contributed by atoms with Crippen molar-refractivity contribution < 1.29 is 5.11 Å². The Hall–Kier alpha value is -1.52. The van der Waals surface area contributed by atoms with Crippen LogP contribution in [-0.2, 0) is 13.1 Å². The molecule has 0 spiro atoms. The predicted molar refractivity (Wildman–Crippen MR) is 79.0 cm³/mol. The second-order valence-corrected chi connectivity index (χ2v) is 5.70. The molecule has 1 aliphatic rings. The fourth-order valence-electron chi connectivity index (χ4n) is 2.83. The van der Waals surface area contributed by atoms with Gasteiger partial charge in [-0.15, -0.1) is 0 Å². The normalized spacial score (nSPS) is 17.9. The molecule has 1 aromatic carbocycles. The van der Waals surface area contributed by atoms with Gasteiger partial charge in [-0.2, -0.15) is 0 Å². The molecule has 1 aliphatic heterocycles. The van der Waals surface area contributed by atoms with Gasteiger partial charge < -0.3 is 15.0 Å². The Balaban J connectivity index is 1.58. The number of benzene rings is 1. The summed E-state index contributed by atoms with van der Waals surface area (Å²) < 4.78 is 2.24. The molecule has 0 radical (unpaired) electrons. The smallest absolute Gasteiger partial charge is 0.117 e. The number of hydrogen-bond acceptors (Lipinski definition) is 3. The summed E-state index contributed by atoms with van der Waals surface area (Å²) in [5, 5.41) is 13.5. The lowest BCUT2D eigenvalue weighted by Gasteiger charge is -2.23. The van der Waals surface area contributed by atoms with Gasteiger partial charge in [-0.3, -0.25) is 0 Å². The molecule has 0 bridgehead atoms. The van der Waals surface area contributed by atoms with Gasteiger partial charge >= 0.3 is 0 Å². The summed E-state index contributed by atoms with van der Waals surface area (Å²) in [5.74, 6) is 1.85. The molecular formula is C15H18ClN3O. The van der Waals surface area contributed by atoms with Crippen LogP contribution in [0.5, 0.6) is 5.75 Å². The third kappa shape index (κ3) is 2.97. The summed E-state index contributed by atoms with van der Waals surface area (Å²) in [7, 11) is 0. The first-order valence-corrected chi connectivity index (χ1v) is 7.30. The van der Waals surface area contributed by atoms with E-state index in [0.29, 0.717) is 17.5 Å². The van der Waals surface area contributed by atoms with Crippen molar-refractivity contribution in [2.45, 2.75) is 31.8 Å². The molecule has 0 amide bonds. The molecule has 0 saturated carbocycles. The number of nitrogens with zero attached hydrogens (tertiary/aromatic N) is 2. The van der Waals surface area contributed by atoms with Crippen molar-refractivity contribution in [2.75, 3.05) is 6.54 Å². The summed E-state index contributed by atoms with van der Waals surface area (Å²) in [5.41, 5.74) is 0.995.